The van der Waals surface area contributed by atoms with Gasteiger partial charge in [-0.15, -0.1) is 0 Å². The van der Waals surface area contributed by atoms with Gasteiger partial charge in [-0.1, -0.05) is 56.9 Å². The Balaban J connectivity index is 3.69. The van der Waals surface area contributed by atoms with Crippen molar-refractivity contribution in [1.29, 1.82) is 0 Å². The monoisotopic (exact) mass is 250 g/mol. The predicted octanol–water partition coefficient (Wildman–Crippen LogP) is 6.53. The molecule has 0 saturated heterocycles. The standard InChI is InChI=1S/C18H34/c1-15(2)9-7-10-17(5)11-8-12-18(6)14-13-16(3)4/h9,11,16,18H,7-8,10,12-14H2,1-6H3. The Morgan fingerprint density at radius 1 is 0.833 bits per heavy atom. The van der Waals surface area contributed by atoms with E-state index in [9.17, 15) is 0 Å². The van der Waals surface area contributed by atoms with Crippen LogP contribution in [-0.2, 0) is 0 Å². The zero-order valence-corrected chi connectivity index (χ0v) is 13.6. The maximum atomic E-state index is 2.45. The molecule has 0 rings (SSSR count). The maximum Gasteiger partial charge on any atom is -0.0288 e. The summed E-state index contributed by atoms with van der Waals surface area (Å²) in [7, 11) is 0. The minimum atomic E-state index is 0.855. The number of rotatable bonds is 9. The lowest BCUT2D eigenvalue weighted by molar-refractivity contribution is 0.430. The molecule has 0 N–H and O–H groups in total. The van der Waals surface area contributed by atoms with Crippen molar-refractivity contribution in [3.63, 3.8) is 0 Å². The van der Waals surface area contributed by atoms with E-state index in [4.69, 9.17) is 0 Å². The maximum absolute atomic E-state index is 2.45. The molecule has 0 heteroatoms. The predicted molar refractivity (Wildman–Crippen MR) is 84.9 cm³/mol. The van der Waals surface area contributed by atoms with Crippen molar-refractivity contribution in [1.82, 2.24) is 0 Å². The summed E-state index contributed by atoms with van der Waals surface area (Å²) in [6, 6.07) is 0. The van der Waals surface area contributed by atoms with E-state index in [1.165, 1.54) is 44.1 Å². The minimum absolute atomic E-state index is 0.855. The average molecular weight is 250 g/mol. The van der Waals surface area contributed by atoms with Crippen LogP contribution in [0.5, 0.6) is 0 Å². The highest BCUT2D eigenvalue weighted by Crippen LogP contribution is 2.17. The molecule has 0 aromatic rings. The van der Waals surface area contributed by atoms with Gasteiger partial charge in [-0.25, -0.2) is 0 Å². The molecule has 0 nitrogen and oxygen atoms in total. The van der Waals surface area contributed by atoms with Gasteiger partial charge in [0.1, 0.15) is 0 Å². The third-order valence-electron chi connectivity index (χ3n) is 3.48. The molecule has 0 amide bonds. The van der Waals surface area contributed by atoms with Gasteiger partial charge in [0.15, 0.2) is 0 Å². The zero-order chi connectivity index (χ0) is 14.0. The largest absolute Gasteiger partial charge is 0.0856 e. The van der Waals surface area contributed by atoms with Crippen molar-refractivity contribution in [3.05, 3.63) is 23.3 Å². The van der Waals surface area contributed by atoms with Gasteiger partial charge in [-0.3, -0.25) is 0 Å². The van der Waals surface area contributed by atoms with Crippen LogP contribution < -0.4 is 0 Å². The first-order valence-corrected chi connectivity index (χ1v) is 7.70. The quantitative estimate of drug-likeness (QED) is 0.408. The lowest BCUT2D eigenvalue weighted by Crippen LogP contribution is -1.97. The smallest absolute Gasteiger partial charge is 0.0288 e. The Hall–Kier alpha value is -0.520. The molecule has 1 unspecified atom stereocenters. The highest BCUT2D eigenvalue weighted by atomic mass is 14.1. The summed E-state index contributed by atoms with van der Waals surface area (Å²) in [6.45, 7) is 13.7. The molecule has 18 heavy (non-hydrogen) atoms. The van der Waals surface area contributed by atoms with Gasteiger partial charge in [0, 0.05) is 0 Å². The number of hydrogen-bond acceptors (Lipinski definition) is 0. The molecule has 0 aromatic carbocycles. The van der Waals surface area contributed by atoms with Crippen LogP contribution in [0.15, 0.2) is 23.3 Å². The molecule has 0 aliphatic carbocycles. The zero-order valence-electron chi connectivity index (χ0n) is 13.6. The van der Waals surface area contributed by atoms with E-state index in [1.54, 1.807) is 5.57 Å². The summed E-state index contributed by atoms with van der Waals surface area (Å²) in [6.07, 6.45) is 12.6. The summed E-state index contributed by atoms with van der Waals surface area (Å²) in [5.41, 5.74) is 2.99. The third-order valence-corrected chi connectivity index (χ3v) is 3.48. The van der Waals surface area contributed by atoms with Crippen molar-refractivity contribution in [2.75, 3.05) is 0 Å². The molecular weight excluding hydrogens is 216 g/mol. The molecule has 0 aromatic heterocycles. The Morgan fingerprint density at radius 2 is 1.50 bits per heavy atom. The van der Waals surface area contributed by atoms with Crippen LogP contribution in [0.2, 0.25) is 0 Å². The van der Waals surface area contributed by atoms with E-state index in [-0.39, 0.29) is 0 Å². The van der Waals surface area contributed by atoms with Gasteiger partial charge >= 0.3 is 0 Å². The van der Waals surface area contributed by atoms with Gasteiger partial charge in [-0.05, 0) is 58.3 Å². The Labute approximate surface area is 116 Å². The summed E-state index contributed by atoms with van der Waals surface area (Å²) in [5, 5.41) is 0. The lowest BCUT2D eigenvalue weighted by atomic mass is 9.95. The van der Waals surface area contributed by atoms with Crippen molar-refractivity contribution >= 4 is 0 Å². The van der Waals surface area contributed by atoms with E-state index in [0.29, 0.717) is 0 Å². The second-order valence-corrected chi connectivity index (χ2v) is 6.52. The van der Waals surface area contributed by atoms with E-state index in [1.807, 2.05) is 0 Å². The summed E-state index contributed by atoms with van der Waals surface area (Å²) in [4.78, 5) is 0. The normalized spacial score (nSPS) is 13.8. The fourth-order valence-electron chi connectivity index (χ4n) is 2.07. The first kappa shape index (κ1) is 17.5. The van der Waals surface area contributed by atoms with Crippen molar-refractivity contribution in [3.8, 4) is 0 Å². The summed E-state index contributed by atoms with van der Waals surface area (Å²) < 4.78 is 0. The van der Waals surface area contributed by atoms with Gasteiger partial charge in [-0.2, -0.15) is 0 Å². The van der Waals surface area contributed by atoms with Crippen LogP contribution in [0.4, 0.5) is 0 Å². The van der Waals surface area contributed by atoms with E-state index in [0.717, 1.165) is 11.8 Å². The molecule has 0 radical (unpaired) electrons. The van der Waals surface area contributed by atoms with Gasteiger partial charge < -0.3 is 0 Å². The van der Waals surface area contributed by atoms with Crippen molar-refractivity contribution in [2.45, 2.75) is 80.1 Å². The lowest BCUT2D eigenvalue weighted by Gasteiger charge is -2.11. The molecule has 0 bridgehead atoms. The first-order valence-electron chi connectivity index (χ1n) is 7.70. The van der Waals surface area contributed by atoms with E-state index < -0.39 is 0 Å². The van der Waals surface area contributed by atoms with Gasteiger partial charge in [0.05, 0.1) is 0 Å². The molecule has 0 heterocycles. The van der Waals surface area contributed by atoms with Crippen LogP contribution in [0.3, 0.4) is 0 Å². The van der Waals surface area contributed by atoms with Crippen LogP contribution in [0, 0.1) is 11.8 Å². The number of allylic oxidation sites excluding steroid dienone is 4. The Kier molecular flexibility index (Phi) is 10.1. The fraction of sp³-hybridized carbons (Fsp3) is 0.778. The highest BCUT2D eigenvalue weighted by Gasteiger charge is 2.02. The van der Waals surface area contributed by atoms with Crippen LogP contribution in [0.1, 0.15) is 80.1 Å². The molecule has 0 spiro atoms. The van der Waals surface area contributed by atoms with Gasteiger partial charge in [0.25, 0.3) is 0 Å². The second kappa shape index (κ2) is 10.4. The van der Waals surface area contributed by atoms with Crippen LogP contribution in [0.25, 0.3) is 0 Å². The van der Waals surface area contributed by atoms with E-state index >= 15 is 0 Å². The highest BCUT2D eigenvalue weighted by molar-refractivity contribution is 5.02. The molecule has 1 atom stereocenters. The minimum Gasteiger partial charge on any atom is -0.0856 e. The second-order valence-electron chi connectivity index (χ2n) is 6.52. The third kappa shape index (κ3) is 12.0. The van der Waals surface area contributed by atoms with E-state index in [2.05, 4.69) is 53.7 Å². The van der Waals surface area contributed by atoms with Gasteiger partial charge in [0.2, 0.25) is 0 Å². The molecule has 0 aliphatic rings. The topological polar surface area (TPSA) is 0 Å². The summed E-state index contributed by atoms with van der Waals surface area (Å²) in [5.74, 6) is 1.74. The molecule has 106 valence electrons. The summed E-state index contributed by atoms with van der Waals surface area (Å²) >= 11 is 0. The fourth-order valence-corrected chi connectivity index (χ4v) is 2.07. The van der Waals surface area contributed by atoms with Crippen molar-refractivity contribution in [2.24, 2.45) is 11.8 Å². The Bertz CT molecular complexity index is 251. The van der Waals surface area contributed by atoms with Crippen LogP contribution in [-0.4, -0.2) is 0 Å². The molecule has 0 fully saturated rings. The number of hydrogen-bond donors (Lipinski definition) is 0. The SMILES string of the molecule is CC(C)=CCCC(C)=CCCC(C)CCC(C)C. The molecule has 0 saturated carbocycles. The van der Waals surface area contributed by atoms with Crippen molar-refractivity contribution < 1.29 is 0 Å². The average Bonchev–Trinajstić information content (AvgIpc) is 2.25. The first-order chi connectivity index (χ1) is 8.41. The Morgan fingerprint density at radius 3 is 2.06 bits per heavy atom. The van der Waals surface area contributed by atoms with Crippen LogP contribution >= 0.6 is 0 Å². The molecule has 0 aliphatic heterocycles. The molecular formula is C18H34.